The number of hydrogen-bond acceptors (Lipinski definition) is 4. The Bertz CT molecular complexity index is 991. The van der Waals surface area contributed by atoms with Crippen molar-refractivity contribution in [3.8, 4) is 11.1 Å². The molecule has 0 saturated carbocycles. The van der Waals surface area contributed by atoms with Gasteiger partial charge in [0.1, 0.15) is 5.82 Å². The third-order valence-electron chi connectivity index (χ3n) is 5.01. The number of rotatable bonds is 3. The number of carbonyl (C=O) groups excluding carboxylic acids is 1. The van der Waals surface area contributed by atoms with Crippen LogP contribution in [0.4, 0.5) is 5.82 Å². The summed E-state index contributed by atoms with van der Waals surface area (Å²) in [5.74, 6) is 0.279. The number of benzene rings is 1. The van der Waals surface area contributed by atoms with E-state index in [1.165, 1.54) is 0 Å². The summed E-state index contributed by atoms with van der Waals surface area (Å²) < 4.78 is 10.3. The largest absolute Gasteiger partial charge is 0.310 e. The molecule has 1 N–H and O–H groups in total. The van der Waals surface area contributed by atoms with Crippen LogP contribution in [-0.4, -0.2) is 45.7 Å². The van der Waals surface area contributed by atoms with Crippen LogP contribution in [0.25, 0.3) is 21.9 Å². The van der Waals surface area contributed by atoms with Crippen LogP contribution in [0.2, 0.25) is 0 Å². The van der Waals surface area contributed by atoms with Crippen molar-refractivity contribution in [2.24, 2.45) is 13.0 Å². The lowest BCUT2D eigenvalue weighted by atomic mass is 9.96. The van der Waals surface area contributed by atoms with Crippen molar-refractivity contribution in [3.05, 3.63) is 42.8 Å². The number of pyridine rings is 1. The molecule has 0 unspecified atom stereocenters. The van der Waals surface area contributed by atoms with Gasteiger partial charge in [0.2, 0.25) is 5.91 Å². The van der Waals surface area contributed by atoms with Crippen molar-refractivity contribution in [2.75, 3.05) is 25.5 Å². The van der Waals surface area contributed by atoms with Crippen LogP contribution in [0, 0.1) is 5.92 Å². The molecule has 1 aromatic carbocycles. The highest BCUT2D eigenvalue weighted by Crippen LogP contribution is 2.25. The van der Waals surface area contributed by atoms with Gasteiger partial charge in [-0.3, -0.25) is 9.48 Å². The van der Waals surface area contributed by atoms with Gasteiger partial charge >= 0.3 is 0 Å². The second-order valence-corrected chi connectivity index (χ2v) is 7.00. The van der Waals surface area contributed by atoms with E-state index in [2.05, 4.69) is 27.3 Å². The zero-order valence-electron chi connectivity index (χ0n) is 16.1. The van der Waals surface area contributed by atoms with Crippen LogP contribution in [0.15, 0.2) is 42.8 Å². The third kappa shape index (κ3) is 3.46. The summed E-state index contributed by atoms with van der Waals surface area (Å²) in [6.07, 6.45) is 7.14. The predicted octanol–water partition coefficient (Wildman–Crippen LogP) is 2.92. The lowest BCUT2D eigenvalue weighted by molar-refractivity contribution is -0.121. The van der Waals surface area contributed by atoms with E-state index in [1.807, 2.05) is 31.4 Å². The quantitative estimate of drug-likeness (QED) is 0.789. The number of fused-ring (bicyclic) bond motifs is 1. The number of anilines is 1. The zero-order valence-corrected chi connectivity index (χ0v) is 15.1. The fourth-order valence-corrected chi connectivity index (χ4v) is 3.37. The van der Waals surface area contributed by atoms with Gasteiger partial charge in [-0.15, -0.1) is 0 Å². The number of likely N-dealkylation sites (tertiary alicyclic amines) is 1. The number of carbonyl (C=O) groups is 1. The molecule has 3 aromatic rings. The lowest BCUT2D eigenvalue weighted by Crippen LogP contribution is -2.36. The van der Waals surface area contributed by atoms with Gasteiger partial charge in [-0.05, 0) is 56.0 Å². The molecule has 0 aliphatic carbocycles. The highest BCUT2D eigenvalue weighted by atomic mass is 16.1. The van der Waals surface area contributed by atoms with Gasteiger partial charge in [0.25, 0.3) is 0 Å². The Hall–Kier alpha value is -2.73. The SMILES string of the molecule is [2H]c1c(NC(=O)C2CCN(C)CC2)ncc2ccc(-c3cnn(C)c3)cc12. The average Bonchev–Trinajstić information content (AvgIpc) is 3.11. The first-order valence-corrected chi connectivity index (χ1v) is 8.89. The van der Waals surface area contributed by atoms with Gasteiger partial charge in [-0.1, -0.05) is 12.1 Å². The maximum absolute atomic E-state index is 12.6. The van der Waals surface area contributed by atoms with Gasteiger partial charge in [0.05, 0.1) is 7.57 Å². The van der Waals surface area contributed by atoms with E-state index in [4.69, 9.17) is 1.37 Å². The molecule has 1 amide bonds. The fraction of sp³-hybridized carbons (Fsp3) is 0.350. The number of aromatic nitrogens is 3. The van der Waals surface area contributed by atoms with Crippen LogP contribution >= 0.6 is 0 Å². The standard InChI is InChI=1S/C20H23N5O/c1-24-7-5-14(6-8-24)20(26)23-19-10-17-9-15(3-4-16(17)11-21-19)18-12-22-25(2)13-18/h3-4,9-14H,5-8H2,1-2H3,(H,21,23,26)/i10D. The summed E-state index contributed by atoms with van der Waals surface area (Å²) in [5, 5.41) is 8.73. The molecule has 0 atom stereocenters. The Morgan fingerprint density at radius 2 is 2.00 bits per heavy atom. The third-order valence-corrected chi connectivity index (χ3v) is 5.01. The van der Waals surface area contributed by atoms with Crippen molar-refractivity contribution in [1.29, 1.82) is 0 Å². The molecule has 0 spiro atoms. The zero-order chi connectivity index (χ0) is 19.0. The predicted molar refractivity (Wildman–Crippen MR) is 103 cm³/mol. The Morgan fingerprint density at radius 1 is 1.19 bits per heavy atom. The molecular weight excluding hydrogens is 326 g/mol. The average molecular weight is 350 g/mol. The highest BCUT2D eigenvalue weighted by Gasteiger charge is 2.23. The van der Waals surface area contributed by atoms with Gasteiger partial charge < -0.3 is 10.2 Å². The Labute approximate surface area is 154 Å². The Kier molecular flexibility index (Phi) is 4.11. The number of piperidine rings is 1. The van der Waals surface area contributed by atoms with Crippen molar-refractivity contribution in [3.63, 3.8) is 0 Å². The van der Waals surface area contributed by atoms with Crippen LogP contribution in [-0.2, 0) is 11.8 Å². The molecule has 6 nitrogen and oxygen atoms in total. The molecule has 1 aliphatic heterocycles. The van der Waals surface area contributed by atoms with Crippen LogP contribution < -0.4 is 5.32 Å². The minimum absolute atomic E-state index is 0.0141. The van der Waals surface area contributed by atoms with Crippen LogP contribution in [0.1, 0.15) is 14.2 Å². The molecule has 4 rings (SSSR count). The van der Waals surface area contributed by atoms with Crippen LogP contribution in [0.3, 0.4) is 0 Å². The molecule has 6 heteroatoms. The molecule has 3 heterocycles. The molecule has 1 saturated heterocycles. The van der Waals surface area contributed by atoms with Crippen molar-refractivity contribution in [1.82, 2.24) is 19.7 Å². The number of amides is 1. The summed E-state index contributed by atoms with van der Waals surface area (Å²) in [7, 11) is 3.95. The first-order chi connectivity index (χ1) is 13.0. The maximum atomic E-state index is 12.6. The van der Waals surface area contributed by atoms with E-state index in [0.29, 0.717) is 5.82 Å². The minimum atomic E-state index is -0.0353. The second kappa shape index (κ2) is 6.88. The summed E-state index contributed by atoms with van der Waals surface area (Å²) in [6.45, 7) is 1.84. The molecular formula is C20H23N5O. The normalized spacial score (nSPS) is 16.6. The molecule has 2 aromatic heterocycles. The summed E-state index contributed by atoms with van der Waals surface area (Å²) >= 11 is 0. The number of aryl methyl sites for hydroxylation is 1. The first kappa shape index (κ1) is 15.5. The highest BCUT2D eigenvalue weighted by molar-refractivity contribution is 5.95. The molecule has 0 radical (unpaired) electrons. The Morgan fingerprint density at radius 3 is 2.73 bits per heavy atom. The Balaban J connectivity index is 1.61. The molecule has 1 fully saturated rings. The summed E-state index contributed by atoms with van der Waals surface area (Å²) in [4.78, 5) is 19.1. The van der Waals surface area contributed by atoms with Crippen molar-refractivity contribution in [2.45, 2.75) is 12.8 Å². The van der Waals surface area contributed by atoms with Crippen molar-refractivity contribution >= 4 is 22.5 Å². The van der Waals surface area contributed by atoms with E-state index in [9.17, 15) is 4.79 Å². The second-order valence-electron chi connectivity index (χ2n) is 7.00. The van der Waals surface area contributed by atoms with E-state index in [0.717, 1.165) is 47.8 Å². The molecule has 134 valence electrons. The van der Waals surface area contributed by atoms with Crippen LogP contribution in [0.5, 0.6) is 0 Å². The van der Waals surface area contributed by atoms with E-state index >= 15 is 0 Å². The van der Waals surface area contributed by atoms with E-state index in [-0.39, 0.29) is 17.9 Å². The maximum Gasteiger partial charge on any atom is 0.228 e. The summed E-state index contributed by atoms with van der Waals surface area (Å²) in [6, 6.07) is 6.16. The molecule has 1 aliphatic rings. The van der Waals surface area contributed by atoms with Gasteiger partial charge in [-0.25, -0.2) is 4.98 Å². The molecule has 26 heavy (non-hydrogen) atoms. The number of nitrogens with one attached hydrogen (secondary N) is 1. The smallest absolute Gasteiger partial charge is 0.228 e. The van der Waals surface area contributed by atoms with Gasteiger partial charge in [0.15, 0.2) is 0 Å². The van der Waals surface area contributed by atoms with Crippen molar-refractivity contribution < 1.29 is 6.17 Å². The topological polar surface area (TPSA) is 63.1 Å². The fourth-order valence-electron chi connectivity index (χ4n) is 3.37. The first-order valence-electron chi connectivity index (χ1n) is 9.39. The van der Waals surface area contributed by atoms with Gasteiger partial charge in [0, 0.05) is 36.3 Å². The number of nitrogens with zero attached hydrogens (tertiary/aromatic N) is 4. The lowest BCUT2D eigenvalue weighted by Gasteiger charge is -2.27. The monoisotopic (exact) mass is 350 g/mol. The van der Waals surface area contributed by atoms with Gasteiger partial charge in [-0.2, -0.15) is 5.10 Å². The number of hydrogen-bond donors (Lipinski definition) is 1. The minimum Gasteiger partial charge on any atom is -0.310 e. The van der Waals surface area contributed by atoms with E-state index < -0.39 is 0 Å². The molecule has 0 bridgehead atoms. The summed E-state index contributed by atoms with van der Waals surface area (Å²) in [5.41, 5.74) is 1.98. The van der Waals surface area contributed by atoms with E-state index in [1.54, 1.807) is 17.1 Å².